The van der Waals surface area contributed by atoms with E-state index >= 15 is 0 Å². The van der Waals surface area contributed by atoms with Gasteiger partial charge in [-0.25, -0.2) is 0 Å². The Labute approximate surface area is 79.8 Å². The third-order valence-corrected chi connectivity index (χ3v) is 1.46. The van der Waals surface area contributed by atoms with Crippen LogP contribution in [0.2, 0.25) is 0 Å². The minimum absolute atomic E-state index is 0. The zero-order valence-corrected chi connectivity index (χ0v) is 8.58. The summed E-state index contributed by atoms with van der Waals surface area (Å²) in [6, 6.07) is 0. The number of hydrogen-bond donors (Lipinski definition) is 0. The molecular weight excluding hydrogens is 318 g/mol. The minimum atomic E-state index is -0.839. The molecule has 64 valence electrons. The Morgan fingerprint density at radius 2 is 1.40 bits per heavy atom. The largest absolute Gasteiger partial charge is 0 e. The predicted octanol–water partition coefficient (Wildman–Crippen LogP) is 0.0226. The predicted molar refractivity (Wildman–Crippen MR) is 23.5 cm³/mol. The van der Waals surface area contributed by atoms with Crippen LogP contribution in [0.25, 0.3) is 0 Å². The molecule has 0 aliphatic heterocycles. The molecular formula is C4H6O4Rh2. The smallest absolute Gasteiger partial charge is 0 e. The van der Waals surface area contributed by atoms with E-state index in [1.807, 2.05) is 0 Å². The number of rotatable bonds is 2. The first kappa shape index (κ1) is 12.8. The van der Waals surface area contributed by atoms with E-state index in [-0.39, 0.29) is 19.5 Å². The van der Waals surface area contributed by atoms with E-state index in [0.29, 0.717) is 0 Å². The second kappa shape index (κ2) is 7.30. The molecule has 0 fully saturated rings. The second-order valence-electron chi connectivity index (χ2n) is 1.17. The fourth-order valence-corrected chi connectivity index (χ4v) is 0.545. The van der Waals surface area contributed by atoms with Crippen molar-refractivity contribution in [3.8, 4) is 0 Å². The number of carbonyl (C=O) groups excluding carboxylic acids is 2. The van der Waals surface area contributed by atoms with Crippen LogP contribution in [-0.4, -0.2) is 11.9 Å². The molecule has 0 aromatic heterocycles. The Hall–Kier alpha value is 0.187. The van der Waals surface area contributed by atoms with Crippen molar-refractivity contribution in [2.24, 2.45) is 0 Å². The first-order valence-corrected chi connectivity index (χ1v) is 3.43. The molecule has 0 rings (SSSR count). The molecule has 0 atom stereocenters. The molecule has 0 spiro atoms. The van der Waals surface area contributed by atoms with Crippen LogP contribution < -0.4 is 0 Å². The molecule has 4 nitrogen and oxygen atoms in total. The third kappa shape index (κ3) is 11.0. The summed E-state index contributed by atoms with van der Waals surface area (Å²) in [4.78, 5) is 20.1. The summed E-state index contributed by atoms with van der Waals surface area (Å²) in [5.41, 5.74) is 0. The van der Waals surface area contributed by atoms with Gasteiger partial charge in [0, 0.05) is 19.5 Å². The van der Waals surface area contributed by atoms with Crippen molar-refractivity contribution in [3.63, 3.8) is 0 Å². The maximum absolute atomic E-state index is 10.0. The molecule has 0 heterocycles. The topological polar surface area (TPSA) is 52.6 Å². The molecule has 0 bridgehead atoms. The fourth-order valence-electron chi connectivity index (χ4n) is 0.0921. The van der Waals surface area contributed by atoms with Crippen molar-refractivity contribution in [2.75, 3.05) is 0 Å². The van der Waals surface area contributed by atoms with Crippen LogP contribution in [0.1, 0.15) is 13.8 Å². The quantitative estimate of drug-likeness (QED) is 0.672. The Morgan fingerprint density at radius 3 is 1.60 bits per heavy atom. The van der Waals surface area contributed by atoms with E-state index in [4.69, 9.17) is 0 Å². The normalized spacial score (nSPS) is 7.80. The van der Waals surface area contributed by atoms with Gasteiger partial charge < -0.3 is 0 Å². The third-order valence-electron chi connectivity index (χ3n) is 0.247. The molecule has 0 aromatic rings. The Bertz CT molecular complexity index is 110. The molecule has 0 unspecified atom stereocenters. The second-order valence-corrected chi connectivity index (χ2v) is 2.12. The maximum atomic E-state index is 10.0. The van der Waals surface area contributed by atoms with Crippen LogP contribution in [0, 0.1) is 0 Å². The number of carbonyl (C=O) groups is 2. The summed E-state index contributed by atoms with van der Waals surface area (Å²) >= 11 is -0.839. The van der Waals surface area contributed by atoms with Gasteiger partial charge in [-0.15, -0.1) is 0 Å². The summed E-state index contributed by atoms with van der Waals surface area (Å²) in [6.07, 6.45) is 0. The van der Waals surface area contributed by atoms with Crippen molar-refractivity contribution < 1.29 is 54.0 Å². The Kier molecular flexibility index (Phi) is 9.36. The summed E-state index contributed by atoms with van der Waals surface area (Å²) < 4.78 is 8.68. The minimum Gasteiger partial charge on any atom is 0 e. The summed E-state index contributed by atoms with van der Waals surface area (Å²) in [5, 5.41) is 0. The monoisotopic (exact) mass is 324 g/mol. The van der Waals surface area contributed by atoms with Gasteiger partial charge in [0.2, 0.25) is 0 Å². The van der Waals surface area contributed by atoms with Crippen molar-refractivity contribution in [1.82, 2.24) is 0 Å². The van der Waals surface area contributed by atoms with Gasteiger partial charge in [-0.2, -0.15) is 0 Å². The van der Waals surface area contributed by atoms with E-state index in [2.05, 4.69) is 7.13 Å². The van der Waals surface area contributed by atoms with Crippen LogP contribution in [-0.2, 0) is 54.0 Å². The fraction of sp³-hybridized carbons (Fsp3) is 0.500. The van der Waals surface area contributed by atoms with E-state index in [9.17, 15) is 9.59 Å². The van der Waals surface area contributed by atoms with E-state index in [0.717, 1.165) is 0 Å². The van der Waals surface area contributed by atoms with Gasteiger partial charge in [0.15, 0.2) is 0 Å². The molecule has 10 heavy (non-hydrogen) atoms. The van der Waals surface area contributed by atoms with Crippen LogP contribution in [0.4, 0.5) is 0 Å². The van der Waals surface area contributed by atoms with Gasteiger partial charge >= 0.3 is 60.3 Å². The van der Waals surface area contributed by atoms with E-state index < -0.39 is 29.8 Å². The summed E-state index contributed by atoms with van der Waals surface area (Å²) in [6.45, 7) is 2.51. The van der Waals surface area contributed by atoms with E-state index in [1.54, 1.807) is 0 Å². The Morgan fingerprint density at radius 1 is 1.10 bits per heavy atom. The Balaban J connectivity index is 0. The van der Waals surface area contributed by atoms with Crippen LogP contribution in [0.15, 0.2) is 0 Å². The summed E-state index contributed by atoms with van der Waals surface area (Å²) in [7, 11) is 0. The van der Waals surface area contributed by atoms with Gasteiger partial charge in [-0.1, -0.05) is 0 Å². The average Bonchev–Trinajstić information content (AvgIpc) is 1.63. The van der Waals surface area contributed by atoms with E-state index in [1.165, 1.54) is 13.8 Å². The molecule has 0 amide bonds. The van der Waals surface area contributed by atoms with Gasteiger partial charge in [0.05, 0.1) is 0 Å². The first-order chi connectivity index (χ1) is 4.13. The maximum Gasteiger partial charge on any atom is 0 e. The zero-order valence-electron chi connectivity index (χ0n) is 5.30. The molecule has 0 aromatic carbocycles. The van der Waals surface area contributed by atoms with Gasteiger partial charge in [-0.3, -0.25) is 0 Å². The standard InChI is InChI=1S/2C2H4O2.2Rh/c2*1-2(3)4;;/h2*1H3,(H,3,4);;/q;;;+2/p-2. The van der Waals surface area contributed by atoms with Gasteiger partial charge in [-0.05, 0) is 0 Å². The average molecular weight is 324 g/mol. The number of hydrogen-bond acceptors (Lipinski definition) is 4. The van der Waals surface area contributed by atoms with Crippen LogP contribution in [0.3, 0.4) is 0 Å². The molecule has 1 radical (unpaired) electrons. The molecule has 0 aliphatic rings. The van der Waals surface area contributed by atoms with Crippen molar-refractivity contribution in [2.45, 2.75) is 13.8 Å². The molecule has 0 saturated carbocycles. The van der Waals surface area contributed by atoms with Gasteiger partial charge in [0.1, 0.15) is 0 Å². The van der Waals surface area contributed by atoms with Crippen molar-refractivity contribution in [3.05, 3.63) is 0 Å². The van der Waals surface area contributed by atoms with Crippen molar-refractivity contribution >= 4 is 11.9 Å². The van der Waals surface area contributed by atoms with Crippen LogP contribution >= 0.6 is 0 Å². The molecule has 0 aliphatic carbocycles. The molecule has 6 heteroatoms. The first-order valence-electron chi connectivity index (χ1n) is 2.09. The van der Waals surface area contributed by atoms with Crippen LogP contribution in [0.5, 0.6) is 0 Å². The molecule has 0 saturated heterocycles. The zero-order chi connectivity index (χ0) is 7.28. The SMILES string of the molecule is CC(=O)[O][Rh][O]C(C)=O.[Rh]. The van der Waals surface area contributed by atoms with Crippen molar-refractivity contribution in [1.29, 1.82) is 0 Å². The molecule has 0 N–H and O–H groups in total. The van der Waals surface area contributed by atoms with Gasteiger partial charge in [0.25, 0.3) is 0 Å². The summed E-state index contributed by atoms with van der Waals surface area (Å²) in [5.74, 6) is -0.861.